The predicted molar refractivity (Wildman–Crippen MR) is 28.7 cm³/mol. The fraction of sp³-hybridized carbons (Fsp3) is 0.250. The first-order valence-electron chi connectivity index (χ1n) is 2.12. The quantitative estimate of drug-likeness (QED) is 0.642. The van der Waals surface area contributed by atoms with E-state index in [-0.39, 0.29) is 5.88 Å². The van der Waals surface area contributed by atoms with Gasteiger partial charge in [0.1, 0.15) is 0 Å². The van der Waals surface area contributed by atoms with Crippen LogP contribution in [0.3, 0.4) is 0 Å². The van der Waals surface area contributed by atoms with Gasteiger partial charge in [-0.05, 0) is 0 Å². The summed E-state index contributed by atoms with van der Waals surface area (Å²) in [6, 6.07) is 0. The summed E-state index contributed by atoms with van der Waals surface area (Å²) in [5.41, 5.74) is 1.43. The molecular formula is C4H3F2NOS. The van der Waals surface area contributed by atoms with E-state index in [1.54, 1.807) is 0 Å². The van der Waals surface area contributed by atoms with E-state index in [1.165, 1.54) is 22.2 Å². The summed E-state index contributed by atoms with van der Waals surface area (Å²) in [5.74, 6) is -0.0185. The Morgan fingerprint density at radius 1 is 1.67 bits per heavy atom. The van der Waals surface area contributed by atoms with Crippen LogP contribution in [0.5, 0.6) is 5.88 Å². The Bertz CT molecular complexity index is 165. The predicted octanol–water partition coefficient (Wildman–Crippen LogP) is 1.74. The van der Waals surface area contributed by atoms with Crippen LogP contribution < -0.4 is 4.74 Å². The molecule has 9 heavy (non-hydrogen) atoms. The van der Waals surface area contributed by atoms with Crippen LogP contribution in [0.4, 0.5) is 8.78 Å². The fourth-order valence-corrected chi connectivity index (χ4v) is 0.809. The molecule has 0 fully saturated rings. The molecule has 0 aliphatic heterocycles. The molecule has 2 nitrogen and oxygen atoms in total. The fourth-order valence-electron chi connectivity index (χ4n) is 0.351. The highest BCUT2D eigenvalue weighted by molar-refractivity contribution is 7.07. The summed E-state index contributed by atoms with van der Waals surface area (Å²) in [6.45, 7) is -2.77. The Morgan fingerprint density at radius 3 is 2.89 bits per heavy atom. The Balaban J connectivity index is 2.48. The first-order chi connectivity index (χ1) is 4.29. The van der Waals surface area contributed by atoms with Crippen molar-refractivity contribution in [3.8, 4) is 5.88 Å². The minimum atomic E-state index is -2.77. The molecule has 0 saturated carbocycles. The molecule has 0 aliphatic rings. The molecule has 1 heterocycles. The SMILES string of the molecule is FC(F)Oc1cscn1. The number of hydrogen-bond donors (Lipinski definition) is 0. The Hall–Kier alpha value is -0.710. The van der Waals surface area contributed by atoms with Gasteiger partial charge >= 0.3 is 6.61 Å². The second-order valence-electron chi connectivity index (χ2n) is 1.21. The number of halogens is 2. The molecule has 0 saturated heterocycles. The van der Waals surface area contributed by atoms with Crippen LogP contribution in [0.2, 0.25) is 0 Å². The molecule has 0 radical (unpaired) electrons. The molecule has 1 aromatic heterocycles. The summed E-state index contributed by atoms with van der Waals surface area (Å²) in [6.07, 6.45) is 0. The molecule has 0 aliphatic carbocycles. The first kappa shape index (κ1) is 6.41. The molecule has 0 aromatic carbocycles. The largest absolute Gasteiger partial charge is 0.416 e. The zero-order valence-electron chi connectivity index (χ0n) is 4.25. The smallest absolute Gasteiger partial charge is 0.388 e. The van der Waals surface area contributed by atoms with Gasteiger partial charge < -0.3 is 4.74 Å². The second-order valence-corrected chi connectivity index (χ2v) is 1.92. The van der Waals surface area contributed by atoms with Crippen molar-refractivity contribution >= 4 is 11.3 Å². The number of ether oxygens (including phenoxy) is 1. The van der Waals surface area contributed by atoms with E-state index in [9.17, 15) is 8.78 Å². The molecule has 0 spiro atoms. The topological polar surface area (TPSA) is 22.1 Å². The lowest BCUT2D eigenvalue weighted by Crippen LogP contribution is -2.01. The molecular weight excluding hydrogens is 148 g/mol. The average molecular weight is 151 g/mol. The maximum Gasteiger partial charge on any atom is 0.388 e. The minimum absolute atomic E-state index is 0.0185. The molecule has 0 N–H and O–H groups in total. The molecule has 0 amide bonds. The van der Waals surface area contributed by atoms with Gasteiger partial charge in [-0.3, -0.25) is 0 Å². The van der Waals surface area contributed by atoms with Gasteiger partial charge in [0.05, 0.1) is 10.9 Å². The van der Waals surface area contributed by atoms with E-state index in [0.29, 0.717) is 0 Å². The maximum absolute atomic E-state index is 11.3. The third-order valence-corrected chi connectivity index (χ3v) is 1.18. The Morgan fingerprint density at radius 2 is 2.44 bits per heavy atom. The normalized spacial score (nSPS) is 10.1. The van der Waals surface area contributed by atoms with Crippen LogP contribution in [-0.2, 0) is 0 Å². The lowest BCUT2D eigenvalue weighted by atomic mass is 10.9. The van der Waals surface area contributed by atoms with Gasteiger partial charge in [0.25, 0.3) is 0 Å². The minimum Gasteiger partial charge on any atom is -0.416 e. The third-order valence-electron chi connectivity index (χ3n) is 0.619. The Kier molecular flexibility index (Phi) is 1.94. The maximum atomic E-state index is 11.3. The van der Waals surface area contributed by atoms with Gasteiger partial charge in [0.15, 0.2) is 0 Å². The zero-order valence-corrected chi connectivity index (χ0v) is 5.07. The highest BCUT2D eigenvalue weighted by Crippen LogP contribution is 2.12. The average Bonchev–Trinajstić information content (AvgIpc) is 2.15. The highest BCUT2D eigenvalue weighted by atomic mass is 32.1. The van der Waals surface area contributed by atoms with Crippen molar-refractivity contribution in [2.45, 2.75) is 6.61 Å². The van der Waals surface area contributed by atoms with Crippen molar-refractivity contribution in [1.29, 1.82) is 0 Å². The van der Waals surface area contributed by atoms with Crippen LogP contribution in [0, 0.1) is 0 Å². The highest BCUT2D eigenvalue weighted by Gasteiger charge is 2.03. The standard InChI is InChI=1S/C4H3F2NOS/c5-4(6)8-3-1-9-2-7-3/h1-2,4H. The summed E-state index contributed by atoms with van der Waals surface area (Å²) >= 11 is 1.21. The van der Waals surface area contributed by atoms with Crippen LogP contribution >= 0.6 is 11.3 Å². The van der Waals surface area contributed by atoms with Crippen molar-refractivity contribution in [3.05, 3.63) is 10.9 Å². The third kappa shape index (κ3) is 1.93. The van der Waals surface area contributed by atoms with E-state index >= 15 is 0 Å². The van der Waals surface area contributed by atoms with Gasteiger partial charge in [-0.1, -0.05) is 0 Å². The number of rotatable bonds is 2. The van der Waals surface area contributed by atoms with Crippen LogP contribution in [0.25, 0.3) is 0 Å². The van der Waals surface area contributed by atoms with Gasteiger partial charge in [0, 0.05) is 0 Å². The number of thiazole rings is 1. The summed E-state index contributed by atoms with van der Waals surface area (Å²) in [4.78, 5) is 3.47. The number of hydrogen-bond acceptors (Lipinski definition) is 3. The number of alkyl halides is 2. The first-order valence-corrected chi connectivity index (χ1v) is 3.06. The van der Waals surface area contributed by atoms with Gasteiger partial charge in [-0.15, -0.1) is 11.3 Å². The molecule has 1 rings (SSSR count). The number of aromatic nitrogens is 1. The summed E-state index contributed by atoms with van der Waals surface area (Å²) < 4.78 is 26.6. The van der Waals surface area contributed by atoms with Crippen LogP contribution in [0.1, 0.15) is 0 Å². The van der Waals surface area contributed by atoms with Crippen LogP contribution in [-0.4, -0.2) is 11.6 Å². The van der Waals surface area contributed by atoms with Crippen LogP contribution in [0.15, 0.2) is 10.9 Å². The molecule has 5 heteroatoms. The van der Waals surface area contributed by atoms with E-state index < -0.39 is 6.61 Å². The molecule has 0 bridgehead atoms. The lowest BCUT2D eigenvalue weighted by Gasteiger charge is -1.96. The van der Waals surface area contributed by atoms with Crippen molar-refractivity contribution in [2.24, 2.45) is 0 Å². The zero-order chi connectivity index (χ0) is 6.69. The van der Waals surface area contributed by atoms with E-state index in [4.69, 9.17) is 0 Å². The summed E-state index contributed by atoms with van der Waals surface area (Å²) in [5, 5.41) is 1.41. The monoisotopic (exact) mass is 151 g/mol. The number of nitrogens with zero attached hydrogens (tertiary/aromatic N) is 1. The second kappa shape index (κ2) is 2.72. The molecule has 1 aromatic rings. The van der Waals surface area contributed by atoms with E-state index in [2.05, 4.69) is 9.72 Å². The van der Waals surface area contributed by atoms with Crippen molar-refractivity contribution in [2.75, 3.05) is 0 Å². The molecule has 0 unspecified atom stereocenters. The van der Waals surface area contributed by atoms with E-state index in [1.807, 2.05) is 0 Å². The van der Waals surface area contributed by atoms with Crippen molar-refractivity contribution in [3.63, 3.8) is 0 Å². The van der Waals surface area contributed by atoms with Crippen molar-refractivity contribution in [1.82, 2.24) is 4.98 Å². The van der Waals surface area contributed by atoms with Gasteiger partial charge in [-0.2, -0.15) is 8.78 Å². The van der Waals surface area contributed by atoms with Gasteiger partial charge in [-0.25, -0.2) is 4.98 Å². The van der Waals surface area contributed by atoms with E-state index in [0.717, 1.165) is 0 Å². The lowest BCUT2D eigenvalue weighted by molar-refractivity contribution is -0.0524. The summed E-state index contributed by atoms with van der Waals surface area (Å²) in [7, 11) is 0. The Labute approximate surface area is 54.1 Å². The molecule has 0 atom stereocenters. The van der Waals surface area contributed by atoms with Gasteiger partial charge in [0.2, 0.25) is 5.88 Å². The molecule has 50 valence electrons. The van der Waals surface area contributed by atoms with Crippen molar-refractivity contribution < 1.29 is 13.5 Å².